The van der Waals surface area contributed by atoms with Gasteiger partial charge >= 0.3 is 5.97 Å². The maximum atomic E-state index is 12.0. The molecular weight excluding hydrogens is 291 g/mol. The third-order valence-corrected chi connectivity index (χ3v) is 2.97. The molecule has 1 unspecified atom stereocenters. The van der Waals surface area contributed by atoms with Gasteiger partial charge in [0, 0.05) is 0 Å². The molecule has 0 radical (unpaired) electrons. The Morgan fingerprint density at radius 3 is 2.42 bits per heavy atom. The Bertz CT molecular complexity index is 492. The number of hydrogen-bond acceptors (Lipinski definition) is 4. The van der Waals surface area contributed by atoms with Crippen LogP contribution in [0.2, 0.25) is 10.3 Å². The van der Waals surface area contributed by atoms with Crippen molar-refractivity contribution in [1.82, 2.24) is 10.3 Å². The lowest BCUT2D eigenvalue weighted by atomic mass is 10.0. The average Bonchev–Trinajstić information content (AvgIpc) is 2.34. The summed E-state index contributed by atoms with van der Waals surface area (Å²) in [5.74, 6) is -1.13. The molecule has 0 aromatic carbocycles. The monoisotopic (exact) mass is 304 g/mol. The number of carbonyl (C=O) groups excluding carboxylic acids is 2. The second-order valence-corrected chi connectivity index (χ2v) is 4.94. The van der Waals surface area contributed by atoms with E-state index in [9.17, 15) is 9.59 Å². The van der Waals surface area contributed by atoms with Gasteiger partial charge in [-0.3, -0.25) is 4.79 Å². The molecule has 0 fully saturated rings. The minimum Gasteiger partial charge on any atom is -0.467 e. The number of rotatable bonds is 4. The summed E-state index contributed by atoms with van der Waals surface area (Å²) in [6.07, 6.45) is 0. The molecule has 0 saturated heterocycles. The van der Waals surface area contributed by atoms with Gasteiger partial charge in [-0.15, -0.1) is 0 Å². The smallest absolute Gasteiger partial charge is 0.328 e. The molecule has 104 valence electrons. The van der Waals surface area contributed by atoms with Gasteiger partial charge in [-0.25, -0.2) is 9.78 Å². The first-order chi connectivity index (χ1) is 8.86. The molecule has 1 rings (SSSR count). The fourth-order valence-electron chi connectivity index (χ4n) is 1.43. The van der Waals surface area contributed by atoms with Crippen LogP contribution in [0.3, 0.4) is 0 Å². The van der Waals surface area contributed by atoms with Gasteiger partial charge in [-0.05, 0) is 18.1 Å². The molecule has 0 bridgehead atoms. The van der Waals surface area contributed by atoms with Crippen molar-refractivity contribution in [3.63, 3.8) is 0 Å². The van der Waals surface area contributed by atoms with E-state index in [4.69, 9.17) is 23.2 Å². The molecule has 1 aromatic rings. The zero-order chi connectivity index (χ0) is 14.6. The van der Waals surface area contributed by atoms with E-state index in [1.807, 2.05) is 0 Å². The van der Waals surface area contributed by atoms with E-state index in [2.05, 4.69) is 15.0 Å². The van der Waals surface area contributed by atoms with Gasteiger partial charge in [-0.2, -0.15) is 0 Å². The lowest BCUT2D eigenvalue weighted by Gasteiger charge is -2.19. The van der Waals surface area contributed by atoms with Gasteiger partial charge in [0.15, 0.2) is 0 Å². The SMILES string of the molecule is COC(=O)C(NC(=O)c1ccc(Cl)nc1Cl)C(C)C. The number of aromatic nitrogens is 1. The molecule has 1 atom stereocenters. The van der Waals surface area contributed by atoms with Gasteiger partial charge in [0.2, 0.25) is 0 Å². The number of pyridine rings is 1. The number of ether oxygens (including phenoxy) is 1. The van der Waals surface area contributed by atoms with E-state index < -0.39 is 17.9 Å². The normalized spacial score (nSPS) is 12.1. The van der Waals surface area contributed by atoms with Crippen LogP contribution >= 0.6 is 23.2 Å². The Kier molecular flexibility index (Phi) is 5.57. The van der Waals surface area contributed by atoms with E-state index in [1.54, 1.807) is 13.8 Å². The minimum absolute atomic E-state index is 0.0163. The van der Waals surface area contributed by atoms with Crippen molar-refractivity contribution >= 4 is 35.1 Å². The number of methoxy groups -OCH3 is 1. The van der Waals surface area contributed by atoms with Crippen LogP contribution in [0.15, 0.2) is 12.1 Å². The van der Waals surface area contributed by atoms with Gasteiger partial charge < -0.3 is 10.1 Å². The van der Waals surface area contributed by atoms with Crippen molar-refractivity contribution in [3.8, 4) is 0 Å². The van der Waals surface area contributed by atoms with Crippen LogP contribution in [-0.4, -0.2) is 30.0 Å². The molecule has 0 aliphatic carbocycles. The fraction of sp³-hybridized carbons (Fsp3) is 0.417. The second kappa shape index (κ2) is 6.73. The summed E-state index contributed by atoms with van der Waals surface area (Å²) < 4.78 is 4.64. The number of hydrogen-bond donors (Lipinski definition) is 1. The van der Waals surface area contributed by atoms with Gasteiger partial charge in [0.25, 0.3) is 5.91 Å². The molecule has 1 heterocycles. The topological polar surface area (TPSA) is 68.3 Å². The number of amides is 1. The number of nitrogens with one attached hydrogen (secondary N) is 1. The van der Waals surface area contributed by atoms with Crippen LogP contribution in [-0.2, 0) is 9.53 Å². The van der Waals surface area contributed by atoms with Crippen molar-refractivity contribution in [2.24, 2.45) is 5.92 Å². The van der Waals surface area contributed by atoms with E-state index >= 15 is 0 Å². The molecule has 19 heavy (non-hydrogen) atoms. The summed E-state index contributed by atoms with van der Waals surface area (Å²) in [6, 6.07) is 2.15. The van der Waals surface area contributed by atoms with Crippen LogP contribution < -0.4 is 5.32 Å². The highest BCUT2D eigenvalue weighted by Crippen LogP contribution is 2.17. The van der Waals surface area contributed by atoms with Crippen molar-refractivity contribution in [2.75, 3.05) is 7.11 Å². The number of halogens is 2. The van der Waals surface area contributed by atoms with E-state index in [-0.39, 0.29) is 21.8 Å². The summed E-state index contributed by atoms with van der Waals surface area (Å²) in [4.78, 5) is 27.3. The zero-order valence-corrected chi connectivity index (χ0v) is 12.2. The van der Waals surface area contributed by atoms with E-state index in [1.165, 1.54) is 19.2 Å². The third kappa shape index (κ3) is 4.08. The highest BCUT2D eigenvalue weighted by atomic mass is 35.5. The van der Waals surface area contributed by atoms with Crippen molar-refractivity contribution in [1.29, 1.82) is 0 Å². The zero-order valence-electron chi connectivity index (χ0n) is 10.7. The van der Waals surface area contributed by atoms with E-state index in [0.717, 1.165) is 0 Å². The summed E-state index contributed by atoms with van der Waals surface area (Å²) in [5, 5.41) is 2.74. The fourth-order valence-corrected chi connectivity index (χ4v) is 1.86. The molecule has 0 aliphatic heterocycles. The Labute approximate surface area is 121 Å². The Balaban J connectivity index is 2.91. The quantitative estimate of drug-likeness (QED) is 0.684. The molecule has 0 aliphatic rings. The van der Waals surface area contributed by atoms with E-state index in [0.29, 0.717) is 0 Å². The molecule has 0 spiro atoms. The molecule has 7 heteroatoms. The summed E-state index contributed by atoms with van der Waals surface area (Å²) >= 11 is 11.5. The standard InChI is InChI=1S/C12H14Cl2N2O3/c1-6(2)9(12(18)19-3)16-11(17)7-4-5-8(13)15-10(7)14/h4-6,9H,1-3H3,(H,16,17). The summed E-state index contributed by atoms with van der Waals surface area (Å²) in [7, 11) is 1.26. The first-order valence-corrected chi connectivity index (χ1v) is 6.33. The highest BCUT2D eigenvalue weighted by molar-refractivity contribution is 6.34. The molecule has 5 nitrogen and oxygen atoms in total. The first-order valence-electron chi connectivity index (χ1n) is 5.57. The van der Waals surface area contributed by atoms with Crippen LogP contribution in [0.5, 0.6) is 0 Å². The van der Waals surface area contributed by atoms with Crippen LogP contribution in [0.4, 0.5) is 0 Å². The molecule has 1 amide bonds. The highest BCUT2D eigenvalue weighted by Gasteiger charge is 2.26. The molecule has 1 N–H and O–H groups in total. The third-order valence-electron chi connectivity index (χ3n) is 2.47. The predicted octanol–water partition coefficient (Wildman–Crippen LogP) is 2.32. The van der Waals surface area contributed by atoms with Gasteiger partial charge in [0.1, 0.15) is 16.3 Å². The molecule has 1 aromatic heterocycles. The second-order valence-electron chi connectivity index (χ2n) is 4.19. The molecule has 0 saturated carbocycles. The predicted molar refractivity (Wildman–Crippen MR) is 72.4 cm³/mol. The number of carbonyl (C=O) groups is 2. The lowest BCUT2D eigenvalue weighted by molar-refractivity contribution is -0.144. The first kappa shape index (κ1) is 15.7. The Hall–Kier alpha value is -1.33. The maximum Gasteiger partial charge on any atom is 0.328 e. The van der Waals surface area contributed by atoms with Gasteiger partial charge in [-0.1, -0.05) is 37.0 Å². The number of nitrogens with zero attached hydrogens (tertiary/aromatic N) is 1. The van der Waals surface area contributed by atoms with Crippen LogP contribution in [0, 0.1) is 5.92 Å². The Morgan fingerprint density at radius 1 is 1.32 bits per heavy atom. The summed E-state index contributed by atoms with van der Waals surface area (Å²) in [5.41, 5.74) is 0.153. The van der Waals surface area contributed by atoms with Crippen molar-refractivity contribution in [2.45, 2.75) is 19.9 Å². The van der Waals surface area contributed by atoms with Crippen LogP contribution in [0.25, 0.3) is 0 Å². The van der Waals surface area contributed by atoms with Crippen molar-refractivity contribution < 1.29 is 14.3 Å². The average molecular weight is 305 g/mol. The largest absolute Gasteiger partial charge is 0.467 e. The van der Waals surface area contributed by atoms with Crippen LogP contribution in [0.1, 0.15) is 24.2 Å². The Morgan fingerprint density at radius 2 is 1.95 bits per heavy atom. The lowest BCUT2D eigenvalue weighted by Crippen LogP contribution is -2.45. The van der Waals surface area contributed by atoms with Crippen molar-refractivity contribution in [3.05, 3.63) is 28.0 Å². The van der Waals surface area contributed by atoms with Gasteiger partial charge in [0.05, 0.1) is 12.7 Å². The number of esters is 1. The minimum atomic E-state index is -0.746. The summed E-state index contributed by atoms with van der Waals surface area (Å²) in [6.45, 7) is 3.59. The maximum absolute atomic E-state index is 12.0. The molecular formula is C12H14Cl2N2O3.